The number of methoxy groups -OCH3 is 1. The fraction of sp³-hybridized carbons (Fsp3) is 0.833. The lowest BCUT2D eigenvalue weighted by Gasteiger charge is -1.91. The number of ether oxygens (including phenoxy) is 1. The van der Waals surface area contributed by atoms with Crippen molar-refractivity contribution in [2.75, 3.05) is 20.3 Å². The van der Waals surface area contributed by atoms with Gasteiger partial charge in [-0.15, -0.1) is 0 Å². The van der Waals surface area contributed by atoms with Crippen molar-refractivity contribution in [1.29, 1.82) is 0 Å². The Labute approximate surface area is 65.8 Å². The third-order valence-corrected chi connectivity index (χ3v) is 0.609. The first-order chi connectivity index (χ1) is 5.04. The molecule has 0 saturated carbocycles. The molecule has 0 amide bonds. The number of aliphatic hydroxyl groups excluding tert-OH is 1. The highest BCUT2D eigenvalue weighted by Gasteiger charge is 1.87. The molecular weight excluding hydrogens is 150 g/mol. The topological polar surface area (TPSA) is 92.8 Å². The van der Waals surface area contributed by atoms with E-state index in [2.05, 4.69) is 4.74 Å². The molecule has 0 radical (unpaired) electrons. The highest BCUT2D eigenvalue weighted by atomic mass is 16.5. The number of aliphatic hydroxyl groups is 1. The van der Waals surface area contributed by atoms with Crippen molar-refractivity contribution in [2.45, 2.75) is 13.0 Å². The van der Waals surface area contributed by atoms with Gasteiger partial charge in [-0.2, -0.15) is 0 Å². The van der Waals surface area contributed by atoms with Crippen molar-refractivity contribution in [2.24, 2.45) is 5.73 Å². The maximum atomic E-state index is 9.47. The van der Waals surface area contributed by atoms with Crippen molar-refractivity contribution in [3.05, 3.63) is 0 Å². The summed E-state index contributed by atoms with van der Waals surface area (Å²) in [7, 11) is 1.34. The lowest BCUT2D eigenvalue weighted by molar-refractivity contribution is -0.141. The lowest BCUT2D eigenvalue weighted by Crippen LogP contribution is -2.14. The van der Waals surface area contributed by atoms with Crippen LogP contribution in [0.3, 0.4) is 0 Å². The van der Waals surface area contributed by atoms with Crippen molar-refractivity contribution in [1.82, 2.24) is 0 Å². The Morgan fingerprint density at radius 3 is 2.09 bits per heavy atom. The van der Waals surface area contributed by atoms with Crippen LogP contribution in [-0.2, 0) is 9.53 Å². The molecule has 0 saturated heterocycles. The first kappa shape index (κ1) is 13.0. The molecular formula is C6H15NO4. The van der Waals surface area contributed by atoms with Crippen molar-refractivity contribution in [3.8, 4) is 0 Å². The van der Waals surface area contributed by atoms with E-state index in [-0.39, 0.29) is 12.7 Å². The van der Waals surface area contributed by atoms with Gasteiger partial charge in [-0.25, -0.2) is 4.79 Å². The highest BCUT2D eigenvalue weighted by molar-refractivity contribution is 5.67. The van der Waals surface area contributed by atoms with Crippen LogP contribution >= 0.6 is 0 Å². The Morgan fingerprint density at radius 2 is 2.09 bits per heavy atom. The number of carboxylic acid groups (broad SMARTS) is 1. The Bertz CT molecular complexity index is 94.6. The Morgan fingerprint density at radius 1 is 1.73 bits per heavy atom. The average Bonchev–Trinajstić information content (AvgIpc) is 1.89. The van der Waals surface area contributed by atoms with Crippen LogP contribution in [0.15, 0.2) is 0 Å². The maximum absolute atomic E-state index is 9.47. The summed E-state index contributed by atoms with van der Waals surface area (Å²) < 4.78 is 4.20. The number of carboxylic acids is 1. The van der Waals surface area contributed by atoms with E-state index in [0.29, 0.717) is 6.54 Å². The molecule has 1 unspecified atom stereocenters. The van der Waals surface area contributed by atoms with Crippen LogP contribution in [0.2, 0.25) is 0 Å². The number of hydrogen-bond acceptors (Lipinski definition) is 4. The van der Waals surface area contributed by atoms with Crippen LogP contribution in [0.4, 0.5) is 0 Å². The summed E-state index contributed by atoms with van der Waals surface area (Å²) in [5.41, 5.74) is 4.92. The minimum Gasteiger partial charge on any atom is -0.480 e. The van der Waals surface area contributed by atoms with E-state index in [1.54, 1.807) is 6.92 Å². The molecule has 1 atom stereocenters. The van der Waals surface area contributed by atoms with Crippen LogP contribution in [0.25, 0.3) is 0 Å². The first-order valence-corrected chi connectivity index (χ1v) is 3.13. The fourth-order valence-electron chi connectivity index (χ4n) is 0.123. The molecule has 0 rings (SSSR count). The van der Waals surface area contributed by atoms with Crippen LogP contribution in [0.1, 0.15) is 6.92 Å². The summed E-state index contributed by atoms with van der Waals surface area (Å²) >= 11 is 0. The number of aliphatic carboxylic acids is 1. The minimum atomic E-state index is -0.933. The van der Waals surface area contributed by atoms with Crippen molar-refractivity contribution < 1.29 is 19.7 Å². The highest BCUT2D eigenvalue weighted by Crippen LogP contribution is 1.65. The third-order valence-electron chi connectivity index (χ3n) is 0.609. The summed E-state index contributed by atoms with van der Waals surface area (Å²) in [5.74, 6) is -0.933. The zero-order chi connectivity index (χ0) is 9.28. The second-order valence-corrected chi connectivity index (χ2v) is 1.91. The molecule has 0 heterocycles. The van der Waals surface area contributed by atoms with Crippen LogP contribution in [0.5, 0.6) is 0 Å². The molecule has 0 aliphatic heterocycles. The predicted octanol–water partition coefficient (Wildman–Crippen LogP) is -0.957. The molecule has 0 aliphatic carbocycles. The van der Waals surface area contributed by atoms with Gasteiger partial charge < -0.3 is 20.7 Å². The van der Waals surface area contributed by atoms with Gasteiger partial charge in [0.25, 0.3) is 0 Å². The van der Waals surface area contributed by atoms with E-state index in [0.717, 1.165) is 0 Å². The predicted molar refractivity (Wildman–Crippen MR) is 40.2 cm³/mol. The second kappa shape index (κ2) is 9.35. The van der Waals surface area contributed by atoms with Gasteiger partial charge in [0, 0.05) is 13.7 Å². The number of carbonyl (C=O) groups is 1. The first-order valence-electron chi connectivity index (χ1n) is 3.13. The van der Waals surface area contributed by atoms with E-state index in [1.165, 1.54) is 7.11 Å². The summed E-state index contributed by atoms with van der Waals surface area (Å²) in [5, 5.41) is 16.0. The van der Waals surface area contributed by atoms with Crippen LogP contribution in [0, 0.1) is 0 Å². The molecule has 5 nitrogen and oxygen atoms in total. The lowest BCUT2D eigenvalue weighted by atomic mass is 10.4. The fourth-order valence-corrected chi connectivity index (χ4v) is 0.123. The van der Waals surface area contributed by atoms with Gasteiger partial charge in [-0.1, -0.05) is 0 Å². The second-order valence-electron chi connectivity index (χ2n) is 1.91. The van der Waals surface area contributed by atoms with E-state index in [9.17, 15) is 4.79 Å². The molecule has 11 heavy (non-hydrogen) atoms. The zero-order valence-electron chi connectivity index (χ0n) is 6.78. The molecule has 0 bridgehead atoms. The van der Waals surface area contributed by atoms with Crippen LogP contribution in [-0.4, -0.2) is 42.5 Å². The molecule has 4 N–H and O–H groups in total. The third kappa shape index (κ3) is 26.7. The molecule has 0 aromatic carbocycles. The minimum absolute atomic E-state index is 0.208. The maximum Gasteiger partial charge on any atom is 0.329 e. The molecule has 5 heteroatoms. The quantitative estimate of drug-likeness (QED) is 0.501. The molecule has 0 aromatic rings. The smallest absolute Gasteiger partial charge is 0.329 e. The van der Waals surface area contributed by atoms with Crippen molar-refractivity contribution >= 4 is 5.97 Å². The zero-order valence-corrected chi connectivity index (χ0v) is 6.78. The summed E-state index contributed by atoms with van der Waals surface area (Å²) in [6.45, 7) is 1.81. The van der Waals surface area contributed by atoms with Crippen molar-refractivity contribution in [3.63, 3.8) is 0 Å². The Balaban J connectivity index is 0. The molecule has 0 fully saturated rings. The SMILES string of the molecule is CC(O)CN.COCC(=O)O. The molecule has 0 aromatic heterocycles. The number of rotatable bonds is 3. The van der Waals surface area contributed by atoms with E-state index in [4.69, 9.17) is 15.9 Å². The van der Waals surface area contributed by atoms with Gasteiger partial charge in [0.15, 0.2) is 0 Å². The van der Waals surface area contributed by atoms with E-state index < -0.39 is 5.97 Å². The Hall–Kier alpha value is -0.650. The molecule has 0 aliphatic rings. The van der Waals surface area contributed by atoms with Gasteiger partial charge >= 0.3 is 5.97 Å². The van der Waals surface area contributed by atoms with E-state index >= 15 is 0 Å². The van der Waals surface area contributed by atoms with Gasteiger partial charge in [0.2, 0.25) is 0 Å². The molecule has 0 spiro atoms. The average molecular weight is 165 g/mol. The summed E-state index contributed by atoms with van der Waals surface area (Å²) in [4.78, 5) is 9.47. The van der Waals surface area contributed by atoms with Gasteiger partial charge in [0.1, 0.15) is 6.61 Å². The van der Waals surface area contributed by atoms with Gasteiger partial charge in [-0.05, 0) is 6.92 Å². The van der Waals surface area contributed by atoms with Crippen LogP contribution < -0.4 is 5.73 Å². The van der Waals surface area contributed by atoms with E-state index in [1.807, 2.05) is 0 Å². The Kier molecular flexibility index (Phi) is 11.0. The monoisotopic (exact) mass is 165 g/mol. The van der Waals surface area contributed by atoms with Gasteiger partial charge in [-0.3, -0.25) is 0 Å². The standard InChI is InChI=1S/C3H9NO.C3H6O3/c1-3(5)2-4;1-6-2-3(4)5/h3,5H,2,4H2,1H3;2H2,1H3,(H,4,5). The normalized spacial score (nSPS) is 11.3. The molecule has 68 valence electrons. The number of nitrogens with two attached hydrogens (primary N) is 1. The largest absolute Gasteiger partial charge is 0.480 e. The summed E-state index contributed by atoms with van der Waals surface area (Å²) in [6.07, 6.45) is -0.338. The number of hydrogen-bond donors (Lipinski definition) is 3. The van der Waals surface area contributed by atoms with Gasteiger partial charge in [0.05, 0.1) is 6.10 Å². The summed E-state index contributed by atoms with van der Waals surface area (Å²) in [6, 6.07) is 0.